The average Bonchev–Trinajstić information content (AvgIpc) is 2.81. The fraction of sp³-hybridized carbons (Fsp3) is 0.778. The fourth-order valence-electron chi connectivity index (χ4n) is 2.12. The fourth-order valence-corrected chi connectivity index (χ4v) is 2.12. The number of nitrogens with zero attached hydrogens (tertiary/aromatic N) is 4. The Morgan fingerprint density at radius 1 is 1.69 bits per heavy atom. The molecule has 1 aliphatic heterocycles. The van der Waals surface area contributed by atoms with Crippen molar-refractivity contribution < 1.29 is 4.79 Å². The second-order valence-electron chi connectivity index (χ2n) is 4.25. The Balaban J connectivity index is 2.10. The topological polar surface area (TPSA) is 101 Å². The number of nitrogens with two attached hydrogens (primary N) is 1. The molecular weight excluding hydrogens is 208 g/mol. The van der Waals surface area contributed by atoms with Gasteiger partial charge in [-0.05, 0) is 24.0 Å². The highest BCUT2D eigenvalue weighted by Gasteiger charge is 2.31. The standard InChI is InChI=1S/C9H16N6O/c1-6-2-3-15(7(4-6)5-10)9(16)8-11-13-14-12-8/h6-7H,2-5,10H2,1H3,(H,11,12,13,14). The molecule has 1 aromatic rings. The van der Waals surface area contributed by atoms with Gasteiger partial charge in [-0.3, -0.25) is 4.79 Å². The van der Waals surface area contributed by atoms with Crippen LogP contribution in [0, 0.1) is 5.92 Å². The van der Waals surface area contributed by atoms with Crippen LogP contribution in [0.3, 0.4) is 0 Å². The quantitative estimate of drug-likeness (QED) is 0.698. The van der Waals surface area contributed by atoms with Crippen LogP contribution in [0.5, 0.6) is 0 Å². The van der Waals surface area contributed by atoms with E-state index in [9.17, 15) is 4.79 Å². The van der Waals surface area contributed by atoms with Gasteiger partial charge in [-0.1, -0.05) is 6.92 Å². The number of piperidine rings is 1. The molecule has 7 heteroatoms. The third kappa shape index (κ3) is 2.04. The van der Waals surface area contributed by atoms with Crippen LogP contribution in [0.25, 0.3) is 0 Å². The van der Waals surface area contributed by atoms with Crippen LogP contribution < -0.4 is 5.73 Å². The summed E-state index contributed by atoms with van der Waals surface area (Å²) in [6.07, 6.45) is 1.94. The summed E-state index contributed by atoms with van der Waals surface area (Å²) in [4.78, 5) is 13.8. The third-order valence-corrected chi connectivity index (χ3v) is 3.05. The average molecular weight is 224 g/mol. The normalized spacial score (nSPS) is 25.8. The van der Waals surface area contributed by atoms with Crippen LogP contribution in [0.4, 0.5) is 0 Å². The van der Waals surface area contributed by atoms with Crippen LogP contribution in [0.2, 0.25) is 0 Å². The number of aromatic nitrogens is 4. The molecule has 2 unspecified atom stereocenters. The van der Waals surface area contributed by atoms with Crippen molar-refractivity contribution in [2.45, 2.75) is 25.8 Å². The molecule has 0 saturated carbocycles. The summed E-state index contributed by atoms with van der Waals surface area (Å²) in [5, 5.41) is 13.1. The monoisotopic (exact) mass is 224 g/mol. The van der Waals surface area contributed by atoms with Gasteiger partial charge in [0.25, 0.3) is 11.7 Å². The van der Waals surface area contributed by atoms with Gasteiger partial charge < -0.3 is 10.6 Å². The van der Waals surface area contributed by atoms with Gasteiger partial charge in [0.15, 0.2) is 0 Å². The minimum absolute atomic E-state index is 0.0924. The Hall–Kier alpha value is -1.50. The maximum atomic E-state index is 12.0. The summed E-state index contributed by atoms with van der Waals surface area (Å²) in [5.41, 5.74) is 5.69. The zero-order valence-electron chi connectivity index (χ0n) is 9.26. The molecule has 1 aromatic heterocycles. The lowest BCUT2D eigenvalue weighted by Gasteiger charge is -2.37. The van der Waals surface area contributed by atoms with Crippen molar-refractivity contribution in [3.8, 4) is 0 Å². The number of H-pyrrole nitrogens is 1. The van der Waals surface area contributed by atoms with Crippen molar-refractivity contribution in [1.29, 1.82) is 0 Å². The number of carbonyl (C=O) groups is 1. The smallest absolute Gasteiger partial charge is 0.295 e. The van der Waals surface area contributed by atoms with Gasteiger partial charge in [0.2, 0.25) is 0 Å². The molecule has 16 heavy (non-hydrogen) atoms. The molecule has 0 radical (unpaired) electrons. The maximum Gasteiger partial charge on any atom is 0.295 e. The van der Waals surface area contributed by atoms with Crippen LogP contribution in [0.15, 0.2) is 0 Å². The molecule has 1 amide bonds. The lowest BCUT2D eigenvalue weighted by atomic mass is 9.92. The molecule has 0 bridgehead atoms. The van der Waals surface area contributed by atoms with E-state index < -0.39 is 0 Å². The molecule has 1 saturated heterocycles. The number of rotatable bonds is 2. The zero-order valence-corrected chi connectivity index (χ0v) is 9.26. The number of hydrogen-bond donors (Lipinski definition) is 2. The van der Waals surface area contributed by atoms with Crippen molar-refractivity contribution in [3.05, 3.63) is 5.82 Å². The lowest BCUT2D eigenvalue weighted by Crippen LogP contribution is -2.49. The number of likely N-dealkylation sites (tertiary alicyclic amines) is 1. The number of hydrogen-bond acceptors (Lipinski definition) is 5. The molecule has 7 nitrogen and oxygen atoms in total. The summed E-state index contributed by atoms with van der Waals surface area (Å²) < 4.78 is 0. The minimum atomic E-state index is -0.184. The van der Waals surface area contributed by atoms with Gasteiger partial charge in [0.1, 0.15) is 0 Å². The van der Waals surface area contributed by atoms with Crippen LogP contribution in [-0.4, -0.2) is 50.6 Å². The van der Waals surface area contributed by atoms with Gasteiger partial charge in [0.05, 0.1) is 0 Å². The Kier molecular flexibility index (Phi) is 3.14. The van der Waals surface area contributed by atoms with Crippen molar-refractivity contribution in [3.63, 3.8) is 0 Å². The first-order chi connectivity index (χ1) is 7.72. The van der Waals surface area contributed by atoms with Gasteiger partial charge in [-0.15, -0.1) is 10.2 Å². The van der Waals surface area contributed by atoms with E-state index in [4.69, 9.17) is 5.73 Å². The van der Waals surface area contributed by atoms with E-state index in [1.165, 1.54) is 0 Å². The molecule has 3 N–H and O–H groups in total. The Morgan fingerprint density at radius 3 is 3.12 bits per heavy atom. The number of amides is 1. The summed E-state index contributed by atoms with van der Waals surface area (Å²) >= 11 is 0. The largest absolute Gasteiger partial charge is 0.332 e. The Labute approximate surface area is 93.4 Å². The summed E-state index contributed by atoms with van der Waals surface area (Å²) in [6.45, 7) is 3.38. The number of aromatic amines is 1. The Morgan fingerprint density at radius 2 is 2.50 bits per heavy atom. The van der Waals surface area contributed by atoms with Gasteiger partial charge in [-0.25, -0.2) is 0 Å². The highest BCUT2D eigenvalue weighted by atomic mass is 16.2. The van der Waals surface area contributed by atoms with E-state index in [0.29, 0.717) is 12.5 Å². The van der Waals surface area contributed by atoms with E-state index in [0.717, 1.165) is 19.4 Å². The Bertz CT molecular complexity index is 351. The van der Waals surface area contributed by atoms with Crippen molar-refractivity contribution in [1.82, 2.24) is 25.5 Å². The third-order valence-electron chi connectivity index (χ3n) is 3.05. The van der Waals surface area contributed by atoms with Gasteiger partial charge >= 0.3 is 0 Å². The summed E-state index contributed by atoms with van der Waals surface area (Å²) in [7, 11) is 0. The number of nitrogens with one attached hydrogen (secondary N) is 1. The second kappa shape index (κ2) is 4.56. The second-order valence-corrected chi connectivity index (χ2v) is 4.25. The molecule has 2 atom stereocenters. The number of carbonyl (C=O) groups excluding carboxylic acids is 1. The SMILES string of the molecule is CC1CCN(C(=O)c2nn[nH]n2)C(CN)C1. The number of tetrazole rings is 1. The zero-order chi connectivity index (χ0) is 11.5. The van der Waals surface area contributed by atoms with Crippen molar-refractivity contribution in [2.24, 2.45) is 11.7 Å². The molecule has 2 rings (SSSR count). The molecule has 1 fully saturated rings. The highest BCUT2D eigenvalue weighted by molar-refractivity contribution is 5.90. The first-order valence-corrected chi connectivity index (χ1v) is 5.47. The van der Waals surface area contributed by atoms with Crippen molar-refractivity contribution >= 4 is 5.91 Å². The van der Waals surface area contributed by atoms with E-state index >= 15 is 0 Å². The van der Waals surface area contributed by atoms with E-state index in [1.807, 2.05) is 0 Å². The maximum absolute atomic E-state index is 12.0. The molecule has 0 aliphatic carbocycles. The van der Waals surface area contributed by atoms with E-state index in [1.54, 1.807) is 4.90 Å². The molecule has 0 aromatic carbocycles. The molecular formula is C9H16N6O. The molecule has 0 spiro atoms. The minimum Gasteiger partial charge on any atom is -0.332 e. The van der Waals surface area contributed by atoms with Crippen molar-refractivity contribution in [2.75, 3.05) is 13.1 Å². The van der Waals surface area contributed by atoms with Crippen LogP contribution >= 0.6 is 0 Å². The van der Waals surface area contributed by atoms with Gasteiger partial charge in [0, 0.05) is 19.1 Å². The molecule has 2 heterocycles. The molecule has 88 valence electrons. The summed E-state index contributed by atoms with van der Waals surface area (Å²) in [5.74, 6) is 0.548. The van der Waals surface area contributed by atoms with E-state index in [-0.39, 0.29) is 17.8 Å². The first-order valence-electron chi connectivity index (χ1n) is 5.47. The predicted molar refractivity (Wildman–Crippen MR) is 56.5 cm³/mol. The molecule has 1 aliphatic rings. The van der Waals surface area contributed by atoms with Crippen LogP contribution in [0.1, 0.15) is 30.4 Å². The first kappa shape index (κ1) is 11.0. The lowest BCUT2D eigenvalue weighted by molar-refractivity contribution is 0.0561. The van der Waals surface area contributed by atoms with Gasteiger partial charge in [-0.2, -0.15) is 5.21 Å². The highest BCUT2D eigenvalue weighted by Crippen LogP contribution is 2.22. The predicted octanol–water partition coefficient (Wildman–Crippen LogP) is -0.601. The summed E-state index contributed by atoms with van der Waals surface area (Å²) in [6, 6.07) is 0.0924. The van der Waals surface area contributed by atoms with E-state index in [2.05, 4.69) is 27.5 Å². The van der Waals surface area contributed by atoms with Crippen LogP contribution in [-0.2, 0) is 0 Å².